The summed E-state index contributed by atoms with van der Waals surface area (Å²) in [6, 6.07) is 10.4. The van der Waals surface area contributed by atoms with Gasteiger partial charge in [-0.15, -0.1) is 0 Å². The summed E-state index contributed by atoms with van der Waals surface area (Å²) >= 11 is 5.99. The van der Waals surface area contributed by atoms with Gasteiger partial charge in [-0.1, -0.05) is 18.5 Å². The normalized spacial score (nSPS) is 15.6. The number of anilines is 2. The zero-order valence-corrected chi connectivity index (χ0v) is 20.4. The van der Waals surface area contributed by atoms with E-state index in [0.717, 1.165) is 38.1 Å². The van der Waals surface area contributed by atoms with Gasteiger partial charge in [-0.05, 0) is 68.4 Å². The van der Waals surface area contributed by atoms with Gasteiger partial charge >= 0.3 is 0 Å². The van der Waals surface area contributed by atoms with Crippen LogP contribution in [0.5, 0.6) is 0 Å². The molecule has 4 rings (SSSR count). The van der Waals surface area contributed by atoms with Crippen molar-refractivity contribution >= 4 is 40.7 Å². The van der Waals surface area contributed by atoms with Crippen LogP contribution in [0.2, 0.25) is 5.02 Å². The number of hydrogen-bond acceptors (Lipinski definition) is 5. The smallest absolute Gasteiger partial charge is 0.279 e. The minimum Gasteiger partial charge on any atom is -0.364 e. The molecule has 4 N–H and O–H groups in total. The quantitative estimate of drug-likeness (QED) is 0.424. The molecule has 36 heavy (non-hydrogen) atoms. The number of primary amides is 1. The highest BCUT2D eigenvalue weighted by Crippen LogP contribution is 2.26. The molecule has 9 nitrogen and oxygen atoms in total. The molecule has 1 saturated heterocycles. The predicted octanol–water partition coefficient (Wildman–Crippen LogP) is 3.68. The monoisotopic (exact) mass is 512 g/mol. The molecule has 11 heteroatoms. The molecule has 188 valence electrons. The minimum absolute atomic E-state index is 0.00203. The Balaban J connectivity index is 1.59. The highest BCUT2D eigenvalue weighted by Gasteiger charge is 2.31. The highest BCUT2D eigenvalue weighted by molar-refractivity contribution is 6.34. The number of likely N-dealkylation sites (tertiary alicyclic amines) is 1. The average Bonchev–Trinajstić information content (AvgIpc) is 3.52. The number of nitrogens with two attached hydrogens (primary N) is 1. The van der Waals surface area contributed by atoms with Crippen LogP contribution >= 0.6 is 11.6 Å². The number of carbonyl (C=O) groups is 3. The maximum Gasteiger partial charge on any atom is 0.279 e. The molecule has 1 aromatic heterocycles. The molecule has 0 aliphatic carbocycles. The number of imidazole rings is 1. The molecule has 2 aromatic carbocycles. The lowest BCUT2D eigenvalue weighted by Gasteiger charge is -2.30. The van der Waals surface area contributed by atoms with Crippen molar-refractivity contribution in [2.45, 2.75) is 25.8 Å². The Hall–Kier alpha value is -3.76. The van der Waals surface area contributed by atoms with Crippen LogP contribution in [0.25, 0.3) is 0 Å². The predicted molar refractivity (Wildman–Crippen MR) is 135 cm³/mol. The van der Waals surface area contributed by atoms with Gasteiger partial charge in [0.2, 0.25) is 0 Å². The number of aromatic nitrogens is 2. The Labute approximate surface area is 212 Å². The second kappa shape index (κ2) is 10.9. The number of H-pyrrole nitrogens is 1. The summed E-state index contributed by atoms with van der Waals surface area (Å²) in [5, 5.41) is 2.72. The Morgan fingerprint density at radius 2 is 2.00 bits per heavy atom. The van der Waals surface area contributed by atoms with Gasteiger partial charge in [0.15, 0.2) is 5.69 Å². The number of aromatic amines is 1. The lowest BCUT2D eigenvalue weighted by molar-refractivity contribution is 0.0950. The SMILES string of the molecule is CCN1CCCC1CN(C(=O)c1nc[nH]c1C(N)=O)c1ccc(NC(=O)c2ccc(F)cc2Cl)cc1. The van der Waals surface area contributed by atoms with Crippen LogP contribution in [-0.2, 0) is 0 Å². The molecule has 1 aliphatic heterocycles. The number of nitrogens with one attached hydrogen (secondary N) is 2. The van der Waals surface area contributed by atoms with Gasteiger partial charge < -0.3 is 20.9 Å². The number of nitrogens with zero attached hydrogens (tertiary/aromatic N) is 3. The molecule has 0 spiro atoms. The van der Waals surface area contributed by atoms with Crippen molar-refractivity contribution in [3.05, 3.63) is 76.6 Å². The zero-order chi connectivity index (χ0) is 25.8. The molecule has 3 amide bonds. The fourth-order valence-electron chi connectivity index (χ4n) is 4.40. The molecule has 3 aromatic rings. The summed E-state index contributed by atoms with van der Waals surface area (Å²) < 4.78 is 13.3. The molecule has 1 aliphatic rings. The maximum absolute atomic E-state index is 13.5. The van der Waals surface area contributed by atoms with E-state index in [1.165, 1.54) is 12.4 Å². The van der Waals surface area contributed by atoms with Crippen molar-refractivity contribution in [1.29, 1.82) is 0 Å². The first-order valence-corrected chi connectivity index (χ1v) is 11.9. The summed E-state index contributed by atoms with van der Waals surface area (Å²) in [4.78, 5) is 48.5. The first-order chi connectivity index (χ1) is 17.3. The summed E-state index contributed by atoms with van der Waals surface area (Å²) in [5.74, 6) is -2.26. The third-order valence-corrected chi connectivity index (χ3v) is 6.56. The van der Waals surface area contributed by atoms with Crippen molar-refractivity contribution in [2.75, 3.05) is 29.9 Å². The van der Waals surface area contributed by atoms with Gasteiger partial charge in [0.25, 0.3) is 17.7 Å². The largest absolute Gasteiger partial charge is 0.364 e. The number of hydrogen-bond donors (Lipinski definition) is 3. The lowest BCUT2D eigenvalue weighted by Crippen LogP contribution is -2.43. The third-order valence-electron chi connectivity index (χ3n) is 6.24. The molecule has 0 radical (unpaired) electrons. The molecule has 0 bridgehead atoms. The van der Waals surface area contributed by atoms with E-state index in [0.29, 0.717) is 17.9 Å². The van der Waals surface area contributed by atoms with Gasteiger partial charge in [0.1, 0.15) is 11.5 Å². The number of carbonyl (C=O) groups excluding carboxylic acids is 3. The van der Waals surface area contributed by atoms with Gasteiger partial charge in [0.05, 0.1) is 16.9 Å². The average molecular weight is 513 g/mol. The fraction of sp³-hybridized carbons (Fsp3) is 0.280. The summed E-state index contributed by atoms with van der Waals surface area (Å²) in [5.41, 5.74) is 6.48. The lowest BCUT2D eigenvalue weighted by atomic mass is 10.1. The van der Waals surface area contributed by atoms with E-state index >= 15 is 0 Å². The van der Waals surface area contributed by atoms with Crippen LogP contribution in [0.1, 0.15) is 51.1 Å². The van der Waals surface area contributed by atoms with E-state index in [4.69, 9.17) is 17.3 Å². The van der Waals surface area contributed by atoms with Crippen LogP contribution in [0, 0.1) is 5.82 Å². The summed E-state index contributed by atoms with van der Waals surface area (Å²) in [6.07, 6.45) is 3.23. The second-order valence-electron chi connectivity index (χ2n) is 8.46. The molecular weight excluding hydrogens is 487 g/mol. The maximum atomic E-state index is 13.5. The third kappa shape index (κ3) is 5.39. The minimum atomic E-state index is -0.774. The van der Waals surface area contributed by atoms with Crippen molar-refractivity contribution in [3.8, 4) is 0 Å². The van der Waals surface area contributed by atoms with Gasteiger partial charge in [0, 0.05) is 24.0 Å². The van der Waals surface area contributed by atoms with E-state index < -0.39 is 23.5 Å². The molecule has 1 unspecified atom stereocenters. The number of amides is 3. The Bertz CT molecular complexity index is 1280. The number of rotatable bonds is 8. The topological polar surface area (TPSA) is 124 Å². The number of likely N-dealkylation sites (N-methyl/N-ethyl adjacent to an activating group) is 1. The molecule has 0 saturated carbocycles. The summed E-state index contributed by atoms with van der Waals surface area (Å²) in [7, 11) is 0. The van der Waals surface area contributed by atoms with Crippen molar-refractivity contribution in [3.63, 3.8) is 0 Å². The van der Waals surface area contributed by atoms with Crippen molar-refractivity contribution in [1.82, 2.24) is 14.9 Å². The van der Waals surface area contributed by atoms with Gasteiger partial charge in [-0.25, -0.2) is 9.37 Å². The van der Waals surface area contributed by atoms with E-state index in [-0.39, 0.29) is 28.0 Å². The standard InChI is InChI=1S/C25H26ClFN6O3/c1-2-32-11-3-4-18(32)13-33(25(36)22-21(23(28)34)29-14-30-22)17-8-6-16(7-9-17)31-24(35)19-10-5-15(27)12-20(19)26/h5-10,12,14,18H,2-4,11,13H2,1H3,(H2,28,34)(H,29,30)(H,31,35). The van der Waals surface area contributed by atoms with Crippen molar-refractivity contribution < 1.29 is 18.8 Å². The highest BCUT2D eigenvalue weighted by atomic mass is 35.5. The van der Waals surface area contributed by atoms with Gasteiger partial charge in [-0.3, -0.25) is 19.3 Å². The molecule has 1 atom stereocenters. The fourth-order valence-corrected chi connectivity index (χ4v) is 4.66. The van der Waals surface area contributed by atoms with E-state index in [1.807, 2.05) is 0 Å². The van der Waals surface area contributed by atoms with Crippen LogP contribution in [0.15, 0.2) is 48.8 Å². The first kappa shape index (κ1) is 25.3. The molecular formula is C25H26ClFN6O3. The molecule has 1 fully saturated rings. The van der Waals surface area contributed by atoms with E-state index in [9.17, 15) is 18.8 Å². The van der Waals surface area contributed by atoms with E-state index in [2.05, 4.69) is 27.1 Å². The first-order valence-electron chi connectivity index (χ1n) is 11.5. The summed E-state index contributed by atoms with van der Waals surface area (Å²) in [6.45, 7) is 4.29. The number of benzene rings is 2. The Morgan fingerprint density at radius 1 is 1.25 bits per heavy atom. The van der Waals surface area contributed by atoms with Crippen molar-refractivity contribution in [2.24, 2.45) is 5.73 Å². The van der Waals surface area contributed by atoms with Crippen LogP contribution in [0.4, 0.5) is 15.8 Å². The zero-order valence-electron chi connectivity index (χ0n) is 19.6. The van der Waals surface area contributed by atoms with E-state index in [1.54, 1.807) is 29.2 Å². The van der Waals surface area contributed by atoms with Crippen LogP contribution in [-0.4, -0.2) is 58.3 Å². The second-order valence-corrected chi connectivity index (χ2v) is 8.86. The van der Waals surface area contributed by atoms with Crippen LogP contribution in [0.3, 0.4) is 0 Å². The van der Waals surface area contributed by atoms with Gasteiger partial charge in [-0.2, -0.15) is 0 Å². The van der Waals surface area contributed by atoms with Crippen LogP contribution < -0.4 is 16.0 Å². The Morgan fingerprint density at radius 3 is 2.67 bits per heavy atom. The number of halogens is 2. The Kier molecular flexibility index (Phi) is 7.66. The molecule has 2 heterocycles.